The predicted octanol–water partition coefficient (Wildman–Crippen LogP) is 8.14. The maximum Gasteiger partial charge on any atom is 0.401 e. The number of ether oxygens (including phenoxy) is 1. The molecule has 6 fully saturated rings. The third-order valence-corrected chi connectivity index (χ3v) is 11.3. The van der Waals surface area contributed by atoms with Gasteiger partial charge in [-0.1, -0.05) is 62.3 Å². The molecule has 3 aliphatic carbocycles. The van der Waals surface area contributed by atoms with Crippen LogP contribution in [-0.2, 0) is 4.74 Å². The number of likely N-dealkylation sites (tertiary alicyclic amines) is 2. The lowest BCUT2D eigenvalue weighted by atomic mass is 9.52. The predicted molar refractivity (Wildman–Crippen MR) is 155 cm³/mol. The van der Waals surface area contributed by atoms with E-state index in [0.29, 0.717) is 40.7 Å². The molecule has 0 aromatic carbocycles. The van der Waals surface area contributed by atoms with Crippen LogP contribution in [0.4, 0.5) is 13.2 Å². The Labute approximate surface area is 238 Å². The molecule has 0 unspecified atom stereocenters. The lowest BCUT2D eigenvalue weighted by molar-refractivity contribution is -0.195. The normalized spacial score (nSPS) is 29.9. The zero-order chi connectivity index (χ0) is 29.3. The lowest BCUT2D eigenvalue weighted by Gasteiger charge is -2.62. The zero-order valence-corrected chi connectivity index (χ0v) is 26.9. The third-order valence-electron chi connectivity index (χ3n) is 11.3. The lowest BCUT2D eigenvalue weighted by Crippen LogP contribution is -2.64. The topological polar surface area (TPSA) is 15.7 Å². The second kappa shape index (κ2) is 10.1. The van der Waals surface area contributed by atoms with Crippen LogP contribution in [-0.4, -0.2) is 69.0 Å². The number of rotatable bonds is 1. The Morgan fingerprint density at radius 2 is 0.923 bits per heavy atom. The van der Waals surface area contributed by atoms with Crippen LogP contribution in [0.25, 0.3) is 0 Å². The highest BCUT2D eigenvalue weighted by atomic mass is 19.4. The number of hydrogen-bond acceptors (Lipinski definition) is 3. The summed E-state index contributed by atoms with van der Waals surface area (Å²) in [5.41, 5.74) is 3.06. The minimum Gasteiger partial charge on any atom is -0.380 e. The molecular formula is C33H59F3N2O. The van der Waals surface area contributed by atoms with Crippen LogP contribution < -0.4 is 0 Å². The van der Waals surface area contributed by atoms with E-state index in [0.717, 1.165) is 43.3 Å². The number of nitrogens with zero attached hydrogens (tertiary/aromatic N) is 2. The second-order valence-corrected chi connectivity index (χ2v) is 18.3. The Kier molecular flexibility index (Phi) is 8.22. The molecule has 6 aliphatic rings. The summed E-state index contributed by atoms with van der Waals surface area (Å²) in [4.78, 5) is 3.97. The highest BCUT2D eigenvalue weighted by molar-refractivity contribution is 5.07. The maximum atomic E-state index is 12.1. The van der Waals surface area contributed by atoms with Crippen molar-refractivity contribution < 1.29 is 17.9 Å². The van der Waals surface area contributed by atoms with E-state index < -0.39 is 12.7 Å². The fourth-order valence-corrected chi connectivity index (χ4v) is 8.30. The maximum absolute atomic E-state index is 12.1. The van der Waals surface area contributed by atoms with Crippen LogP contribution in [0, 0.1) is 50.2 Å². The van der Waals surface area contributed by atoms with Crippen molar-refractivity contribution in [3.63, 3.8) is 0 Å². The van der Waals surface area contributed by atoms with Crippen molar-refractivity contribution in [3.8, 4) is 0 Å². The van der Waals surface area contributed by atoms with E-state index >= 15 is 0 Å². The van der Waals surface area contributed by atoms with Gasteiger partial charge in [0.2, 0.25) is 0 Å². The SMILES string of the molecule is CC(C)(C)C1CC2(C1)CN(CC(F)(F)F)C2.CC(C)(C)C1CC2(COC2)C1.CN1CC2(CC(C(C)(C)C)C2)C1. The van der Waals surface area contributed by atoms with Gasteiger partial charge < -0.3 is 9.64 Å². The molecule has 228 valence electrons. The number of halogens is 3. The Morgan fingerprint density at radius 3 is 1.18 bits per heavy atom. The molecule has 3 nitrogen and oxygen atoms in total. The van der Waals surface area contributed by atoms with Gasteiger partial charge in [0.25, 0.3) is 0 Å². The van der Waals surface area contributed by atoms with Crippen LogP contribution in [0.15, 0.2) is 0 Å². The minimum atomic E-state index is -4.03. The highest BCUT2D eigenvalue weighted by Crippen LogP contribution is 2.58. The molecule has 0 N–H and O–H groups in total. The first-order chi connectivity index (χ1) is 17.5. The first kappa shape index (κ1) is 31.6. The molecule has 0 aromatic rings. The summed E-state index contributed by atoms with van der Waals surface area (Å²) >= 11 is 0. The fraction of sp³-hybridized carbons (Fsp3) is 1.00. The average Bonchev–Trinajstić information content (AvgIpc) is 2.52. The van der Waals surface area contributed by atoms with Gasteiger partial charge in [-0.15, -0.1) is 0 Å². The summed E-state index contributed by atoms with van der Waals surface area (Å²) in [5, 5.41) is 0. The van der Waals surface area contributed by atoms with Crippen molar-refractivity contribution in [1.29, 1.82) is 0 Å². The van der Waals surface area contributed by atoms with Crippen molar-refractivity contribution >= 4 is 0 Å². The fourth-order valence-electron chi connectivity index (χ4n) is 8.30. The average molecular weight is 557 g/mol. The minimum absolute atomic E-state index is 0.239. The van der Waals surface area contributed by atoms with E-state index in [9.17, 15) is 13.2 Å². The van der Waals surface area contributed by atoms with Gasteiger partial charge in [0.1, 0.15) is 0 Å². The van der Waals surface area contributed by atoms with Gasteiger partial charge in [-0.2, -0.15) is 13.2 Å². The molecule has 3 heterocycles. The Hall–Kier alpha value is -0.330. The molecule has 0 bridgehead atoms. The largest absolute Gasteiger partial charge is 0.401 e. The van der Waals surface area contributed by atoms with E-state index in [1.165, 1.54) is 43.7 Å². The standard InChI is InChI=1S/C12H20F3N.C11H21N.C10H18O/c1-10(2,3)9-4-11(5-9)6-16(7-11)8-12(13,14)15;1-10(2,3)9-5-11(6-9)7-12(4)8-11;1-9(2,3)8-4-10(5-8)6-11-7-10/h9H,4-8H2,1-3H3;9H,5-8H2,1-4H3;8H,4-7H2,1-3H3. The summed E-state index contributed by atoms with van der Waals surface area (Å²) in [5.74, 6) is 2.64. The molecule has 3 aliphatic heterocycles. The van der Waals surface area contributed by atoms with Gasteiger partial charge in [0.05, 0.1) is 19.8 Å². The van der Waals surface area contributed by atoms with E-state index in [4.69, 9.17) is 4.74 Å². The molecular weight excluding hydrogens is 497 g/mol. The van der Waals surface area contributed by atoms with Crippen molar-refractivity contribution in [1.82, 2.24) is 9.80 Å². The smallest absolute Gasteiger partial charge is 0.380 e. The van der Waals surface area contributed by atoms with Crippen LogP contribution in [0.2, 0.25) is 0 Å². The first-order valence-electron chi connectivity index (χ1n) is 15.6. The van der Waals surface area contributed by atoms with E-state index in [-0.39, 0.29) is 5.41 Å². The van der Waals surface area contributed by atoms with Gasteiger partial charge >= 0.3 is 6.18 Å². The van der Waals surface area contributed by atoms with Gasteiger partial charge in [-0.05, 0) is 90.4 Å². The second-order valence-electron chi connectivity index (χ2n) is 18.3. The van der Waals surface area contributed by atoms with Gasteiger partial charge in [0.15, 0.2) is 0 Å². The van der Waals surface area contributed by atoms with Crippen LogP contribution >= 0.6 is 0 Å². The molecule has 6 heteroatoms. The third kappa shape index (κ3) is 7.37. The molecule has 3 spiro atoms. The monoisotopic (exact) mass is 556 g/mol. The molecule has 6 rings (SSSR count). The summed E-state index contributed by atoms with van der Waals surface area (Å²) in [6.45, 7) is 26.2. The first-order valence-corrected chi connectivity index (χ1v) is 15.6. The molecule has 0 amide bonds. The number of hydrogen-bond donors (Lipinski definition) is 0. The van der Waals surface area contributed by atoms with Crippen molar-refractivity contribution in [2.24, 2.45) is 50.2 Å². The van der Waals surface area contributed by atoms with E-state index in [1.54, 1.807) is 0 Å². The summed E-state index contributed by atoms with van der Waals surface area (Å²) in [6.07, 6.45) is 4.00. The molecule has 3 saturated heterocycles. The van der Waals surface area contributed by atoms with Crippen LogP contribution in [0.5, 0.6) is 0 Å². The quantitative estimate of drug-likeness (QED) is 0.324. The molecule has 0 aromatic heterocycles. The van der Waals surface area contributed by atoms with Crippen molar-refractivity contribution in [2.45, 2.75) is 107 Å². The van der Waals surface area contributed by atoms with E-state index in [2.05, 4.69) is 74.3 Å². The summed E-state index contributed by atoms with van der Waals surface area (Å²) in [7, 11) is 2.23. The van der Waals surface area contributed by atoms with Gasteiger partial charge in [-0.25, -0.2) is 0 Å². The Morgan fingerprint density at radius 1 is 0.590 bits per heavy atom. The van der Waals surface area contributed by atoms with Crippen LogP contribution in [0.3, 0.4) is 0 Å². The summed E-state index contributed by atoms with van der Waals surface area (Å²) < 4.78 is 41.6. The highest BCUT2D eigenvalue weighted by Gasteiger charge is 2.56. The van der Waals surface area contributed by atoms with Crippen molar-refractivity contribution in [2.75, 3.05) is 53.0 Å². The Balaban J connectivity index is 0.000000139. The number of alkyl halides is 3. The molecule has 0 atom stereocenters. The molecule has 3 saturated carbocycles. The summed E-state index contributed by atoms with van der Waals surface area (Å²) in [6, 6.07) is 0. The van der Waals surface area contributed by atoms with Gasteiger partial charge in [-0.3, -0.25) is 4.90 Å². The zero-order valence-electron chi connectivity index (χ0n) is 26.9. The molecule has 0 radical (unpaired) electrons. The molecule has 39 heavy (non-hydrogen) atoms. The van der Waals surface area contributed by atoms with Crippen molar-refractivity contribution in [3.05, 3.63) is 0 Å². The van der Waals surface area contributed by atoms with E-state index in [1.807, 2.05) is 0 Å². The van der Waals surface area contributed by atoms with Crippen LogP contribution in [0.1, 0.15) is 101 Å². The van der Waals surface area contributed by atoms with Gasteiger partial charge in [0, 0.05) is 31.6 Å². The Bertz CT molecular complexity index is 822.